The molecule has 1 aliphatic rings. The van der Waals surface area contributed by atoms with Crippen molar-refractivity contribution < 1.29 is 23.7 Å². The van der Waals surface area contributed by atoms with Gasteiger partial charge in [0, 0.05) is 11.6 Å². The van der Waals surface area contributed by atoms with Gasteiger partial charge in [-0.1, -0.05) is 5.21 Å². The molecule has 1 aromatic heterocycles. The molecule has 0 unspecified atom stereocenters. The Bertz CT molecular complexity index is 937. The van der Waals surface area contributed by atoms with Gasteiger partial charge in [0.05, 0.1) is 33.2 Å². The molecule has 2 aromatic carbocycles. The van der Waals surface area contributed by atoms with Crippen LogP contribution in [0, 0.1) is 0 Å². The summed E-state index contributed by atoms with van der Waals surface area (Å²) >= 11 is 0. The first-order chi connectivity index (χ1) is 12.8. The Morgan fingerprint density at radius 3 is 2.42 bits per heavy atom. The van der Waals surface area contributed by atoms with Crippen LogP contribution in [0.5, 0.6) is 28.7 Å². The number of nitrogens with zero attached hydrogens (tertiary/aromatic N) is 3. The summed E-state index contributed by atoms with van der Waals surface area (Å²) in [5.41, 5.74) is 2.35. The lowest BCUT2D eigenvalue weighted by Gasteiger charge is -2.15. The van der Waals surface area contributed by atoms with E-state index in [1.807, 2.05) is 24.3 Å². The zero-order chi connectivity index (χ0) is 18.1. The van der Waals surface area contributed by atoms with E-state index in [1.165, 1.54) is 0 Å². The van der Waals surface area contributed by atoms with Crippen LogP contribution in [0.1, 0.15) is 0 Å². The van der Waals surface area contributed by atoms with E-state index in [2.05, 4.69) is 10.3 Å². The van der Waals surface area contributed by atoms with Crippen LogP contribution < -0.4 is 23.7 Å². The van der Waals surface area contributed by atoms with E-state index >= 15 is 0 Å². The van der Waals surface area contributed by atoms with E-state index in [4.69, 9.17) is 23.7 Å². The smallest absolute Gasteiger partial charge is 0.231 e. The number of benzene rings is 2. The minimum Gasteiger partial charge on any atom is -0.497 e. The maximum atomic E-state index is 5.57. The Hall–Kier alpha value is -3.42. The van der Waals surface area contributed by atoms with Gasteiger partial charge in [0.1, 0.15) is 11.4 Å². The number of hydrogen-bond donors (Lipinski definition) is 0. The fourth-order valence-electron chi connectivity index (χ4n) is 2.88. The number of methoxy groups -OCH3 is 3. The van der Waals surface area contributed by atoms with Crippen molar-refractivity contribution in [3.8, 4) is 45.7 Å². The Labute approximate surface area is 149 Å². The molecule has 0 radical (unpaired) electrons. The average Bonchev–Trinajstić information content (AvgIpc) is 3.36. The molecular weight excluding hydrogens is 338 g/mol. The van der Waals surface area contributed by atoms with Crippen LogP contribution in [-0.2, 0) is 0 Å². The number of rotatable bonds is 5. The van der Waals surface area contributed by atoms with Crippen LogP contribution in [0.4, 0.5) is 0 Å². The molecular formula is C18H17N3O5. The van der Waals surface area contributed by atoms with Gasteiger partial charge in [0.2, 0.25) is 18.3 Å². The summed E-state index contributed by atoms with van der Waals surface area (Å²) in [6.07, 6.45) is 1.68. The number of aromatic nitrogens is 3. The molecule has 26 heavy (non-hydrogen) atoms. The van der Waals surface area contributed by atoms with Crippen LogP contribution in [-0.4, -0.2) is 43.1 Å². The van der Waals surface area contributed by atoms with E-state index in [0.29, 0.717) is 28.7 Å². The summed E-state index contributed by atoms with van der Waals surface area (Å²) in [4.78, 5) is 0. The standard InChI is InChI=1S/C18H17N3O5/c1-22-12-6-4-11(5-7-12)14-9-19-20-21(14)13-8-15(23-2)17-18(16(13)24-3)26-10-25-17/h4-9H,10H2,1-3H3. The molecule has 134 valence electrons. The molecule has 0 atom stereocenters. The second-order valence-electron chi connectivity index (χ2n) is 5.46. The average molecular weight is 355 g/mol. The van der Waals surface area contributed by atoms with Crippen LogP contribution in [0.25, 0.3) is 16.9 Å². The van der Waals surface area contributed by atoms with E-state index in [0.717, 1.165) is 17.0 Å². The highest BCUT2D eigenvalue weighted by Crippen LogP contribution is 2.51. The molecule has 8 nitrogen and oxygen atoms in total. The zero-order valence-corrected chi connectivity index (χ0v) is 14.6. The first kappa shape index (κ1) is 16.1. The summed E-state index contributed by atoms with van der Waals surface area (Å²) in [6.45, 7) is 0.105. The topological polar surface area (TPSA) is 76.9 Å². The normalized spacial score (nSPS) is 12.1. The van der Waals surface area contributed by atoms with Gasteiger partial charge in [0.25, 0.3) is 0 Å². The molecule has 0 aliphatic carbocycles. The van der Waals surface area contributed by atoms with E-state index in [-0.39, 0.29) is 6.79 Å². The van der Waals surface area contributed by atoms with Gasteiger partial charge < -0.3 is 23.7 Å². The van der Waals surface area contributed by atoms with Crippen molar-refractivity contribution in [1.82, 2.24) is 15.0 Å². The molecule has 8 heteroatoms. The van der Waals surface area contributed by atoms with Crippen LogP contribution in [0.2, 0.25) is 0 Å². The summed E-state index contributed by atoms with van der Waals surface area (Å²) < 4.78 is 28.9. The molecule has 4 rings (SSSR count). The largest absolute Gasteiger partial charge is 0.497 e. The molecule has 0 saturated carbocycles. The van der Waals surface area contributed by atoms with Crippen molar-refractivity contribution in [2.24, 2.45) is 0 Å². The quantitative estimate of drug-likeness (QED) is 0.696. The van der Waals surface area contributed by atoms with Crippen molar-refractivity contribution in [2.45, 2.75) is 0 Å². The molecule has 0 fully saturated rings. The van der Waals surface area contributed by atoms with Crippen molar-refractivity contribution in [3.05, 3.63) is 36.5 Å². The summed E-state index contributed by atoms with van der Waals surface area (Å²) in [5.74, 6) is 2.80. The van der Waals surface area contributed by atoms with Gasteiger partial charge in [-0.05, 0) is 24.3 Å². The van der Waals surface area contributed by atoms with Crippen molar-refractivity contribution in [1.29, 1.82) is 0 Å². The van der Waals surface area contributed by atoms with E-state index in [9.17, 15) is 0 Å². The monoisotopic (exact) mass is 355 g/mol. The van der Waals surface area contributed by atoms with E-state index in [1.54, 1.807) is 38.3 Å². The molecule has 0 spiro atoms. The van der Waals surface area contributed by atoms with Crippen molar-refractivity contribution in [2.75, 3.05) is 28.1 Å². The Balaban J connectivity index is 1.88. The highest BCUT2D eigenvalue weighted by molar-refractivity contribution is 5.71. The fourth-order valence-corrected chi connectivity index (χ4v) is 2.88. The van der Waals surface area contributed by atoms with Crippen molar-refractivity contribution >= 4 is 0 Å². The van der Waals surface area contributed by atoms with E-state index < -0.39 is 0 Å². The van der Waals surface area contributed by atoms with Gasteiger partial charge in [0.15, 0.2) is 11.5 Å². The van der Waals surface area contributed by atoms with Crippen LogP contribution in [0.3, 0.4) is 0 Å². The third kappa shape index (κ3) is 2.46. The Kier molecular flexibility index (Phi) is 4.00. The molecule has 0 saturated heterocycles. The van der Waals surface area contributed by atoms with Gasteiger partial charge in [-0.25, -0.2) is 4.68 Å². The fraction of sp³-hybridized carbons (Fsp3) is 0.222. The maximum Gasteiger partial charge on any atom is 0.231 e. The van der Waals surface area contributed by atoms with Crippen molar-refractivity contribution in [3.63, 3.8) is 0 Å². The maximum absolute atomic E-state index is 5.57. The number of fused-ring (bicyclic) bond motifs is 1. The lowest BCUT2D eigenvalue weighted by Crippen LogP contribution is -2.04. The first-order valence-corrected chi connectivity index (χ1v) is 7.87. The highest BCUT2D eigenvalue weighted by Gasteiger charge is 2.29. The molecule has 3 aromatic rings. The Morgan fingerprint density at radius 2 is 1.73 bits per heavy atom. The number of ether oxygens (including phenoxy) is 5. The third-order valence-corrected chi connectivity index (χ3v) is 4.13. The molecule has 0 amide bonds. The van der Waals surface area contributed by atoms with Gasteiger partial charge in [-0.2, -0.15) is 0 Å². The minimum absolute atomic E-state index is 0.105. The Morgan fingerprint density at radius 1 is 0.962 bits per heavy atom. The highest BCUT2D eigenvalue weighted by atomic mass is 16.7. The lowest BCUT2D eigenvalue weighted by atomic mass is 10.1. The van der Waals surface area contributed by atoms with Gasteiger partial charge in [-0.3, -0.25) is 0 Å². The first-order valence-electron chi connectivity index (χ1n) is 7.87. The third-order valence-electron chi connectivity index (χ3n) is 4.13. The van der Waals surface area contributed by atoms with Gasteiger partial charge >= 0.3 is 0 Å². The zero-order valence-electron chi connectivity index (χ0n) is 14.6. The SMILES string of the molecule is COc1ccc(-c2cnnn2-c2cc(OC)c3c(c2OC)OCO3)cc1. The summed E-state index contributed by atoms with van der Waals surface area (Å²) in [7, 11) is 4.76. The second-order valence-corrected chi connectivity index (χ2v) is 5.46. The molecule has 0 bridgehead atoms. The summed E-state index contributed by atoms with van der Waals surface area (Å²) in [5, 5.41) is 8.27. The molecule has 2 heterocycles. The number of hydrogen-bond acceptors (Lipinski definition) is 7. The molecule has 1 aliphatic heterocycles. The second kappa shape index (κ2) is 6.47. The molecule has 0 N–H and O–H groups in total. The lowest BCUT2D eigenvalue weighted by molar-refractivity contribution is 0.168. The van der Waals surface area contributed by atoms with Gasteiger partial charge in [-0.15, -0.1) is 5.10 Å². The summed E-state index contributed by atoms with van der Waals surface area (Å²) in [6, 6.07) is 9.41. The van der Waals surface area contributed by atoms with Crippen LogP contribution in [0.15, 0.2) is 36.5 Å². The predicted octanol–water partition coefficient (Wildman–Crippen LogP) is 2.69. The van der Waals surface area contributed by atoms with Crippen LogP contribution >= 0.6 is 0 Å². The predicted molar refractivity (Wildman–Crippen MR) is 92.6 cm³/mol. The minimum atomic E-state index is 0.105.